The van der Waals surface area contributed by atoms with Crippen LogP contribution in [-0.2, 0) is 0 Å². The van der Waals surface area contributed by atoms with E-state index in [4.69, 9.17) is 0 Å². The zero-order valence-corrected chi connectivity index (χ0v) is 32.0. The van der Waals surface area contributed by atoms with Crippen LogP contribution in [0.2, 0.25) is 0 Å². The predicted molar refractivity (Wildman–Crippen MR) is 240 cm³/mol. The SMILES string of the molecule is Cc1ccc(-c2ccc(N(c3ccccc3)c3ccc(-c4ccc(N(c5ccc(-c6ccccc6)cc5)c5ccc(-c6ccccc6)cc5)cc4)cc3)cc2)s1. The van der Waals surface area contributed by atoms with Crippen molar-refractivity contribution in [2.45, 2.75) is 6.92 Å². The van der Waals surface area contributed by atoms with Crippen LogP contribution in [0.3, 0.4) is 0 Å². The van der Waals surface area contributed by atoms with Gasteiger partial charge in [-0.15, -0.1) is 11.3 Å². The lowest BCUT2D eigenvalue weighted by atomic mass is 10.0. The Morgan fingerprint density at radius 2 is 0.518 bits per heavy atom. The van der Waals surface area contributed by atoms with Gasteiger partial charge in [0.25, 0.3) is 0 Å². The molecule has 0 N–H and O–H groups in total. The van der Waals surface area contributed by atoms with Crippen LogP contribution in [0, 0.1) is 6.92 Å². The second kappa shape index (κ2) is 15.8. The van der Waals surface area contributed by atoms with Crippen LogP contribution in [0.25, 0.3) is 43.8 Å². The summed E-state index contributed by atoms with van der Waals surface area (Å²) >= 11 is 1.83. The van der Waals surface area contributed by atoms with Crippen molar-refractivity contribution in [3.05, 3.63) is 229 Å². The van der Waals surface area contributed by atoms with Gasteiger partial charge in [-0.3, -0.25) is 0 Å². The Hall–Kier alpha value is -6.94. The van der Waals surface area contributed by atoms with Crippen molar-refractivity contribution in [1.29, 1.82) is 0 Å². The third kappa shape index (κ3) is 7.41. The number of rotatable bonds is 10. The topological polar surface area (TPSA) is 6.48 Å². The second-order valence-corrected chi connectivity index (χ2v) is 15.2. The van der Waals surface area contributed by atoms with Gasteiger partial charge in [0.15, 0.2) is 0 Å². The van der Waals surface area contributed by atoms with Crippen LogP contribution >= 0.6 is 11.3 Å². The zero-order valence-electron chi connectivity index (χ0n) is 31.2. The number of nitrogens with zero attached hydrogens (tertiary/aromatic N) is 2. The maximum absolute atomic E-state index is 2.33. The van der Waals surface area contributed by atoms with Gasteiger partial charge in [-0.25, -0.2) is 0 Å². The van der Waals surface area contributed by atoms with Crippen molar-refractivity contribution in [2.75, 3.05) is 9.80 Å². The molecule has 1 aromatic heterocycles. The summed E-state index contributed by atoms with van der Waals surface area (Å²) in [4.78, 5) is 7.27. The van der Waals surface area contributed by atoms with Crippen LogP contribution in [0.1, 0.15) is 4.88 Å². The number of aryl methyl sites for hydroxylation is 1. The lowest BCUT2D eigenvalue weighted by Gasteiger charge is -2.26. The lowest BCUT2D eigenvalue weighted by Crippen LogP contribution is -2.10. The van der Waals surface area contributed by atoms with E-state index in [0.29, 0.717) is 0 Å². The zero-order chi connectivity index (χ0) is 37.7. The fraction of sp³-hybridized carbons (Fsp3) is 0.0189. The number of hydrogen-bond donors (Lipinski definition) is 0. The first-order valence-corrected chi connectivity index (χ1v) is 19.8. The molecule has 9 rings (SSSR count). The molecule has 0 amide bonds. The Balaban J connectivity index is 1.01. The molecular formula is C53H40N2S. The van der Waals surface area contributed by atoms with E-state index < -0.39 is 0 Å². The fourth-order valence-corrected chi connectivity index (χ4v) is 8.18. The van der Waals surface area contributed by atoms with E-state index in [1.807, 2.05) is 11.3 Å². The summed E-state index contributed by atoms with van der Waals surface area (Å²) in [6.07, 6.45) is 0. The van der Waals surface area contributed by atoms with E-state index in [-0.39, 0.29) is 0 Å². The molecule has 0 radical (unpaired) electrons. The molecule has 0 saturated heterocycles. The number of hydrogen-bond acceptors (Lipinski definition) is 3. The highest BCUT2D eigenvalue weighted by Crippen LogP contribution is 2.40. The molecule has 8 aromatic carbocycles. The molecule has 3 heteroatoms. The molecular weight excluding hydrogens is 697 g/mol. The fourth-order valence-electron chi connectivity index (χ4n) is 7.31. The third-order valence-corrected chi connectivity index (χ3v) is 11.3. The molecule has 0 unspecified atom stereocenters. The highest BCUT2D eigenvalue weighted by Gasteiger charge is 2.16. The monoisotopic (exact) mass is 736 g/mol. The van der Waals surface area contributed by atoms with E-state index in [1.165, 1.54) is 48.7 Å². The number of para-hydroxylation sites is 1. The molecule has 0 atom stereocenters. The minimum absolute atomic E-state index is 1.10. The van der Waals surface area contributed by atoms with Gasteiger partial charge >= 0.3 is 0 Å². The number of anilines is 6. The summed E-state index contributed by atoms with van der Waals surface area (Å²) in [5.41, 5.74) is 15.1. The van der Waals surface area contributed by atoms with Gasteiger partial charge in [0.1, 0.15) is 0 Å². The Morgan fingerprint density at radius 1 is 0.250 bits per heavy atom. The maximum atomic E-state index is 2.33. The van der Waals surface area contributed by atoms with Crippen molar-refractivity contribution in [2.24, 2.45) is 0 Å². The summed E-state index contributed by atoms with van der Waals surface area (Å²) in [6, 6.07) is 80.5. The van der Waals surface area contributed by atoms with Crippen LogP contribution < -0.4 is 9.80 Å². The average Bonchev–Trinajstić information content (AvgIpc) is 3.72. The van der Waals surface area contributed by atoms with E-state index in [2.05, 4.69) is 241 Å². The molecule has 2 nitrogen and oxygen atoms in total. The van der Waals surface area contributed by atoms with Crippen LogP contribution in [-0.4, -0.2) is 0 Å². The van der Waals surface area contributed by atoms with Gasteiger partial charge < -0.3 is 9.80 Å². The normalized spacial score (nSPS) is 10.9. The van der Waals surface area contributed by atoms with Crippen molar-refractivity contribution in [3.63, 3.8) is 0 Å². The minimum atomic E-state index is 1.10. The smallest absolute Gasteiger partial charge is 0.0462 e. The summed E-state index contributed by atoms with van der Waals surface area (Å²) in [7, 11) is 0. The second-order valence-electron chi connectivity index (χ2n) is 13.9. The maximum Gasteiger partial charge on any atom is 0.0462 e. The van der Waals surface area contributed by atoms with E-state index in [0.717, 1.165) is 34.1 Å². The molecule has 0 aliphatic carbocycles. The van der Waals surface area contributed by atoms with E-state index in [1.54, 1.807) is 0 Å². The van der Waals surface area contributed by atoms with Gasteiger partial charge in [-0.1, -0.05) is 140 Å². The van der Waals surface area contributed by atoms with Gasteiger partial charge in [0.05, 0.1) is 0 Å². The highest BCUT2D eigenvalue weighted by atomic mass is 32.1. The lowest BCUT2D eigenvalue weighted by molar-refractivity contribution is 1.28. The number of benzene rings is 8. The molecule has 0 bridgehead atoms. The molecule has 0 fully saturated rings. The molecule has 56 heavy (non-hydrogen) atoms. The van der Waals surface area contributed by atoms with Crippen molar-refractivity contribution >= 4 is 45.5 Å². The van der Waals surface area contributed by atoms with Gasteiger partial charge in [-0.05, 0) is 131 Å². The van der Waals surface area contributed by atoms with Crippen molar-refractivity contribution in [3.8, 4) is 43.8 Å². The van der Waals surface area contributed by atoms with Gasteiger partial charge in [-0.2, -0.15) is 0 Å². The van der Waals surface area contributed by atoms with E-state index in [9.17, 15) is 0 Å². The molecule has 0 aliphatic rings. The Labute approximate surface area is 333 Å². The quantitative estimate of drug-likeness (QED) is 0.138. The van der Waals surface area contributed by atoms with Crippen molar-refractivity contribution < 1.29 is 0 Å². The first kappa shape index (κ1) is 34.8. The Bertz CT molecular complexity index is 2550. The van der Waals surface area contributed by atoms with Gasteiger partial charge in [0.2, 0.25) is 0 Å². The van der Waals surface area contributed by atoms with Crippen LogP contribution in [0.5, 0.6) is 0 Å². The van der Waals surface area contributed by atoms with Crippen LogP contribution in [0.15, 0.2) is 224 Å². The first-order valence-electron chi connectivity index (χ1n) is 19.0. The Kier molecular flexibility index (Phi) is 9.82. The summed E-state index contributed by atoms with van der Waals surface area (Å²) in [5.74, 6) is 0. The van der Waals surface area contributed by atoms with E-state index >= 15 is 0 Å². The molecule has 0 saturated carbocycles. The minimum Gasteiger partial charge on any atom is -0.311 e. The largest absolute Gasteiger partial charge is 0.311 e. The highest BCUT2D eigenvalue weighted by molar-refractivity contribution is 7.15. The summed E-state index contributed by atoms with van der Waals surface area (Å²) in [6.45, 7) is 2.16. The predicted octanol–water partition coefficient (Wildman–Crippen LogP) is 15.7. The first-order chi connectivity index (χ1) is 27.7. The van der Waals surface area contributed by atoms with Crippen LogP contribution in [0.4, 0.5) is 34.1 Å². The van der Waals surface area contributed by atoms with Gasteiger partial charge in [0, 0.05) is 43.9 Å². The number of thiophene rings is 1. The summed E-state index contributed by atoms with van der Waals surface area (Å²) in [5, 5.41) is 0. The Morgan fingerprint density at radius 3 is 0.821 bits per heavy atom. The molecule has 0 spiro atoms. The standard InChI is InChI=1S/C53H40N2S/c1-39-17-38-53(56-39)46-26-36-52(37-27-46)54(47-15-9-4-10-16-47)48-32-22-44(23-33-48)45-24-34-51(35-25-45)55(49-28-18-42(19-29-49)40-11-5-2-6-12-40)50-30-20-43(21-31-50)41-13-7-3-8-14-41/h2-38H,1H3. The third-order valence-electron chi connectivity index (χ3n) is 10.2. The molecule has 1 heterocycles. The molecule has 0 aliphatic heterocycles. The van der Waals surface area contributed by atoms with Crippen molar-refractivity contribution in [1.82, 2.24) is 0 Å². The summed E-state index contributed by atoms with van der Waals surface area (Å²) < 4.78 is 0. The molecule has 268 valence electrons. The average molecular weight is 737 g/mol. The molecule has 9 aromatic rings.